The molecule has 0 aromatic carbocycles. The van der Waals surface area contributed by atoms with Crippen molar-refractivity contribution >= 4 is 11.9 Å². The summed E-state index contributed by atoms with van der Waals surface area (Å²) in [6, 6.07) is 0. The van der Waals surface area contributed by atoms with Gasteiger partial charge in [0.2, 0.25) is 5.91 Å². The fourth-order valence-electron chi connectivity index (χ4n) is 10.3. The highest BCUT2D eigenvalue weighted by Gasteiger charge is 2.71. The first-order valence-corrected chi connectivity index (χ1v) is 10.8. The SMILES string of the molecule is NC(=O)C12CC3CC(C1)CC(C14CC5CC(CC(C(=O)O)(C5)C1)C4)(C3)C2. The maximum absolute atomic E-state index is 12.5. The molecule has 4 atom stereocenters. The lowest BCUT2D eigenvalue weighted by Gasteiger charge is -2.73. The zero-order valence-electron chi connectivity index (χ0n) is 15.6. The van der Waals surface area contributed by atoms with Crippen LogP contribution in [0, 0.1) is 45.3 Å². The molecule has 8 fully saturated rings. The first-order valence-electron chi connectivity index (χ1n) is 10.8. The lowest BCUT2D eigenvalue weighted by molar-refractivity contribution is -0.238. The van der Waals surface area contributed by atoms with Crippen molar-refractivity contribution in [3.8, 4) is 0 Å². The van der Waals surface area contributed by atoms with E-state index in [1.807, 2.05) is 0 Å². The van der Waals surface area contributed by atoms with Gasteiger partial charge in [-0.2, -0.15) is 0 Å². The average Bonchev–Trinajstić information content (AvgIpc) is 2.52. The van der Waals surface area contributed by atoms with Crippen LogP contribution in [-0.4, -0.2) is 17.0 Å². The third-order valence-corrected chi connectivity index (χ3v) is 10.2. The minimum Gasteiger partial charge on any atom is -0.481 e. The van der Waals surface area contributed by atoms with Crippen molar-refractivity contribution in [2.45, 2.75) is 77.0 Å². The number of carboxylic acid groups (broad SMARTS) is 1. The summed E-state index contributed by atoms with van der Waals surface area (Å²) < 4.78 is 0. The first kappa shape index (κ1) is 15.9. The molecule has 8 bridgehead atoms. The summed E-state index contributed by atoms with van der Waals surface area (Å²) in [6.45, 7) is 0. The van der Waals surface area contributed by atoms with Crippen LogP contribution in [0.4, 0.5) is 0 Å². The largest absolute Gasteiger partial charge is 0.481 e. The first-order chi connectivity index (χ1) is 12.3. The Kier molecular flexibility index (Phi) is 2.76. The van der Waals surface area contributed by atoms with Gasteiger partial charge >= 0.3 is 5.97 Å². The Balaban J connectivity index is 1.46. The normalized spacial score (nSPS) is 58.9. The number of nitrogens with two attached hydrogens (primary N) is 1. The number of carbonyl (C=O) groups is 2. The fraction of sp³-hybridized carbons (Fsp3) is 0.909. The van der Waals surface area contributed by atoms with E-state index in [9.17, 15) is 14.7 Å². The van der Waals surface area contributed by atoms with Crippen LogP contribution in [-0.2, 0) is 9.59 Å². The molecular formula is C22H31NO3. The molecule has 1 amide bonds. The van der Waals surface area contributed by atoms with Gasteiger partial charge in [0.05, 0.1) is 10.8 Å². The van der Waals surface area contributed by atoms with E-state index in [1.165, 1.54) is 38.5 Å². The van der Waals surface area contributed by atoms with E-state index in [1.54, 1.807) is 0 Å². The second-order valence-electron chi connectivity index (χ2n) is 11.7. The molecule has 0 aliphatic heterocycles. The van der Waals surface area contributed by atoms with Crippen LogP contribution >= 0.6 is 0 Å². The van der Waals surface area contributed by atoms with Crippen molar-refractivity contribution in [3.05, 3.63) is 0 Å². The van der Waals surface area contributed by atoms with Crippen molar-refractivity contribution in [2.24, 2.45) is 51.1 Å². The third-order valence-electron chi connectivity index (χ3n) is 10.2. The van der Waals surface area contributed by atoms with E-state index < -0.39 is 11.4 Å². The van der Waals surface area contributed by atoms with Gasteiger partial charge in [0.25, 0.3) is 0 Å². The van der Waals surface area contributed by atoms with Gasteiger partial charge in [-0.15, -0.1) is 0 Å². The number of hydrogen-bond donors (Lipinski definition) is 2. The molecule has 0 radical (unpaired) electrons. The molecule has 8 rings (SSSR count). The van der Waals surface area contributed by atoms with Crippen LogP contribution in [0.2, 0.25) is 0 Å². The summed E-state index contributed by atoms with van der Waals surface area (Å²) in [4.78, 5) is 24.8. The van der Waals surface area contributed by atoms with Gasteiger partial charge in [-0.05, 0) is 112 Å². The smallest absolute Gasteiger partial charge is 0.309 e. The molecule has 0 saturated heterocycles. The number of primary amides is 1. The second-order valence-corrected chi connectivity index (χ2v) is 11.7. The predicted octanol–water partition coefficient (Wildman–Crippen LogP) is 3.73. The van der Waals surface area contributed by atoms with Crippen LogP contribution < -0.4 is 5.73 Å². The lowest BCUT2D eigenvalue weighted by Crippen LogP contribution is -2.66. The maximum atomic E-state index is 12.5. The van der Waals surface area contributed by atoms with Gasteiger partial charge in [0, 0.05) is 0 Å². The van der Waals surface area contributed by atoms with Crippen LogP contribution in [0.5, 0.6) is 0 Å². The molecule has 8 aliphatic carbocycles. The Morgan fingerprint density at radius 2 is 1.08 bits per heavy atom. The summed E-state index contributed by atoms with van der Waals surface area (Å²) in [5.41, 5.74) is 5.62. The monoisotopic (exact) mass is 357 g/mol. The zero-order valence-corrected chi connectivity index (χ0v) is 15.6. The maximum Gasteiger partial charge on any atom is 0.309 e. The van der Waals surface area contributed by atoms with Crippen LogP contribution in [0.3, 0.4) is 0 Å². The Labute approximate surface area is 155 Å². The molecule has 0 heterocycles. The molecule has 8 saturated carbocycles. The van der Waals surface area contributed by atoms with Gasteiger partial charge < -0.3 is 10.8 Å². The van der Waals surface area contributed by atoms with Crippen LogP contribution in [0.1, 0.15) is 77.0 Å². The van der Waals surface area contributed by atoms with Gasteiger partial charge in [0.1, 0.15) is 0 Å². The van der Waals surface area contributed by atoms with Gasteiger partial charge in [0.15, 0.2) is 0 Å². The van der Waals surface area contributed by atoms with E-state index in [2.05, 4.69) is 0 Å². The number of aliphatic carboxylic acids is 1. The van der Waals surface area contributed by atoms with Crippen molar-refractivity contribution in [1.29, 1.82) is 0 Å². The highest BCUT2D eigenvalue weighted by molar-refractivity contribution is 5.81. The number of rotatable bonds is 3. The quantitative estimate of drug-likeness (QED) is 0.807. The number of hydrogen-bond acceptors (Lipinski definition) is 2. The third kappa shape index (κ3) is 1.73. The summed E-state index contributed by atoms with van der Waals surface area (Å²) in [6.07, 6.45) is 13.2. The van der Waals surface area contributed by atoms with E-state index >= 15 is 0 Å². The van der Waals surface area contributed by atoms with Crippen molar-refractivity contribution < 1.29 is 14.7 Å². The molecular weight excluding hydrogens is 326 g/mol. The molecule has 8 aliphatic rings. The number of amides is 1. The predicted molar refractivity (Wildman–Crippen MR) is 95.9 cm³/mol. The van der Waals surface area contributed by atoms with Crippen molar-refractivity contribution in [2.75, 3.05) is 0 Å². The van der Waals surface area contributed by atoms with E-state index in [0.29, 0.717) is 23.7 Å². The topological polar surface area (TPSA) is 80.4 Å². The molecule has 0 aromatic heterocycles. The summed E-state index contributed by atoms with van der Waals surface area (Å²) in [5, 5.41) is 10.1. The number of carboxylic acids is 1. The molecule has 4 unspecified atom stereocenters. The van der Waals surface area contributed by atoms with Crippen LogP contribution in [0.25, 0.3) is 0 Å². The molecule has 3 N–H and O–H groups in total. The van der Waals surface area contributed by atoms with E-state index in [-0.39, 0.29) is 22.2 Å². The Morgan fingerprint density at radius 1 is 0.692 bits per heavy atom. The lowest BCUT2D eigenvalue weighted by atomic mass is 9.31. The molecule has 26 heavy (non-hydrogen) atoms. The number of carbonyl (C=O) groups excluding carboxylic acids is 1. The summed E-state index contributed by atoms with van der Waals surface area (Å²) >= 11 is 0. The second kappa shape index (κ2) is 4.50. The Morgan fingerprint density at radius 3 is 1.46 bits per heavy atom. The highest BCUT2D eigenvalue weighted by atomic mass is 16.4. The minimum absolute atomic E-state index is 0.0614. The fourth-order valence-corrected chi connectivity index (χ4v) is 10.3. The van der Waals surface area contributed by atoms with Crippen molar-refractivity contribution in [1.82, 2.24) is 0 Å². The van der Waals surface area contributed by atoms with E-state index in [4.69, 9.17) is 5.73 Å². The van der Waals surface area contributed by atoms with Gasteiger partial charge in [-0.1, -0.05) is 0 Å². The molecule has 4 heteroatoms. The highest BCUT2D eigenvalue weighted by Crippen LogP contribution is 2.78. The van der Waals surface area contributed by atoms with Gasteiger partial charge in [-0.3, -0.25) is 9.59 Å². The standard InChI is InChI=1S/C22H31NO3/c23-17(24)19-3-13-1-14(4-19)8-21(7-13,11-19)22-9-15-2-16(10-22)6-20(5-15,12-22)18(25)26/h13-16H,1-12H2,(H2,23,24)(H,25,26). The van der Waals surface area contributed by atoms with Crippen molar-refractivity contribution in [3.63, 3.8) is 0 Å². The molecule has 4 nitrogen and oxygen atoms in total. The van der Waals surface area contributed by atoms with Gasteiger partial charge in [-0.25, -0.2) is 0 Å². The van der Waals surface area contributed by atoms with E-state index in [0.717, 1.165) is 38.5 Å². The summed E-state index contributed by atoms with van der Waals surface area (Å²) in [7, 11) is 0. The Hall–Kier alpha value is -1.06. The molecule has 142 valence electrons. The molecule has 0 aromatic rings. The summed E-state index contributed by atoms with van der Waals surface area (Å²) in [5.74, 6) is 1.91. The molecule has 0 spiro atoms. The average molecular weight is 357 g/mol. The minimum atomic E-state index is -0.537. The zero-order chi connectivity index (χ0) is 17.9. The Bertz CT molecular complexity index is 624. The van der Waals surface area contributed by atoms with Crippen LogP contribution in [0.15, 0.2) is 0 Å².